The molecule has 0 unspecified atom stereocenters. The van der Waals surface area contributed by atoms with Crippen molar-refractivity contribution in [2.45, 2.75) is 18.9 Å². The number of benzene rings is 2. The molecule has 192 valence electrons. The highest BCUT2D eigenvalue weighted by Crippen LogP contribution is 2.28. The number of para-hydroxylation sites is 1. The van der Waals surface area contributed by atoms with Crippen molar-refractivity contribution in [2.75, 3.05) is 43.0 Å². The van der Waals surface area contributed by atoms with Crippen molar-refractivity contribution in [1.82, 2.24) is 19.4 Å². The third-order valence-corrected chi connectivity index (χ3v) is 7.64. The van der Waals surface area contributed by atoms with E-state index in [2.05, 4.69) is 38.2 Å². The van der Waals surface area contributed by atoms with Gasteiger partial charge in [0.1, 0.15) is 0 Å². The van der Waals surface area contributed by atoms with E-state index in [1.54, 1.807) is 10.8 Å². The Balaban J connectivity index is 1.19. The SMILES string of the molecule is C#Cc1cc(=O)n(-c2ccccc2)c2nc(Nc3ccc(N4CCC(N5CC(CO)C5)CC4)cc3)ncc12. The molecule has 2 aliphatic rings. The van der Waals surface area contributed by atoms with Gasteiger partial charge in [-0.25, -0.2) is 4.98 Å². The zero-order chi connectivity index (χ0) is 26.1. The fraction of sp³-hybridized carbons (Fsp3) is 0.300. The van der Waals surface area contributed by atoms with Crippen molar-refractivity contribution < 1.29 is 5.11 Å². The molecule has 8 heteroatoms. The van der Waals surface area contributed by atoms with E-state index in [0.717, 1.165) is 44.7 Å². The predicted octanol–water partition coefficient (Wildman–Crippen LogP) is 3.40. The molecule has 0 saturated carbocycles. The first-order valence-corrected chi connectivity index (χ1v) is 13.0. The van der Waals surface area contributed by atoms with Crippen LogP contribution in [0.5, 0.6) is 0 Å². The first-order chi connectivity index (χ1) is 18.6. The highest BCUT2D eigenvalue weighted by molar-refractivity contribution is 5.84. The van der Waals surface area contributed by atoms with E-state index in [4.69, 9.17) is 11.4 Å². The van der Waals surface area contributed by atoms with Crippen molar-refractivity contribution in [3.8, 4) is 18.0 Å². The fourth-order valence-electron chi connectivity index (χ4n) is 5.51. The van der Waals surface area contributed by atoms with Gasteiger partial charge in [0.2, 0.25) is 5.95 Å². The molecule has 0 amide bonds. The summed E-state index contributed by atoms with van der Waals surface area (Å²) in [7, 11) is 0. The number of fused-ring (bicyclic) bond motifs is 1. The Morgan fingerprint density at radius 3 is 2.45 bits per heavy atom. The molecule has 0 aliphatic carbocycles. The zero-order valence-corrected chi connectivity index (χ0v) is 21.1. The lowest BCUT2D eigenvalue weighted by atomic mass is 9.93. The quantitative estimate of drug-likeness (QED) is 0.388. The number of hydrogen-bond donors (Lipinski definition) is 2. The number of aliphatic hydroxyl groups excluding tert-OH is 1. The second kappa shape index (κ2) is 10.3. The molecule has 2 aliphatic heterocycles. The van der Waals surface area contributed by atoms with Crippen LogP contribution in [0, 0.1) is 18.3 Å². The van der Waals surface area contributed by atoms with Gasteiger partial charge in [-0.1, -0.05) is 24.1 Å². The van der Waals surface area contributed by atoms with Gasteiger partial charge in [-0.05, 0) is 49.2 Å². The van der Waals surface area contributed by atoms with Crippen LogP contribution in [0.1, 0.15) is 18.4 Å². The van der Waals surface area contributed by atoms with Gasteiger partial charge in [-0.3, -0.25) is 14.3 Å². The molecule has 2 fully saturated rings. The molecule has 4 heterocycles. The molecular formula is C30H30N6O2. The third-order valence-electron chi connectivity index (χ3n) is 7.64. The Hall–Kier alpha value is -4.19. The van der Waals surface area contributed by atoms with Gasteiger partial charge in [-0.2, -0.15) is 4.98 Å². The monoisotopic (exact) mass is 506 g/mol. The maximum absolute atomic E-state index is 12.9. The summed E-state index contributed by atoms with van der Waals surface area (Å²) in [5.74, 6) is 3.44. The van der Waals surface area contributed by atoms with Crippen LogP contribution in [0.15, 0.2) is 71.7 Å². The molecule has 38 heavy (non-hydrogen) atoms. The molecule has 0 atom stereocenters. The lowest BCUT2D eigenvalue weighted by Gasteiger charge is -2.47. The summed E-state index contributed by atoms with van der Waals surface area (Å²) < 4.78 is 1.56. The predicted molar refractivity (Wildman–Crippen MR) is 150 cm³/mol. The standard InChI is InChI=1S/C30H30N6O2/c1-2-22-16-28(38)36(26-6-4-3-5-7-26)29-27(22)17-31-30(33-29)32-23-8-10-24(11-9-23)34-14-12-25(13-15-34)35-18-21(19-35)20-37/h1,3-11,16-17,21,25,37H,12-15,18-20H2,(H,31,32,33). The smallest absolute Gasteiger partial charge is 0.258 e. The molecule has 2 saturated heterocycles. The number of nitrogens with one attached hydrogen (secondary N) is 1. The number of likely N-dealkylation sites (tertiary alicyclic amines) is 1. The van der Waals surface area contributed by atoms with Crippen LogP contribution in [-0.2, 0) is 0 Å². The maximum Gasteiger partial charge on any atom is 0.258 e. The van der Waals surface area contributed by atoms with Gasteiger partial charge in [0.05, 0.1) is 11.1 Å². The minimum Gasteiger partial charge on any atom is -0.396 e. The molecule has 2 N–H and O–H groups in total. The van der Waals surface area contributed by atoms with Crippen LogP contribution in [0.3, 0.4) is 0 Å². The van der Waals surface area contributed by atoms with Crippen molar-refractivity contribution in [1.29, 1.82) is 0 Å². The number of rotatable bonds is 6. The average molecular weight is 507 g/mol. The van der Waals surface area contributed by atoms with Crippen molar-refractivity contribution >= 4 is 28.4 Å². The first kappa shape index (κ1) is 24.2. The highest BCUT2D eigenvalue weighted by atomic mass is 16.3. The van der Waals surface area contributed by atoms with Gasteiger partial charge in [0.15, 0.2) is 5.65 Å². The average Bonchev–Trinajstić information content (AvgIpc) is 2.93. The molecule has 0 radical (unpaired) electrons. The van der Waals surface area contributed by atoms with E-state index in [0.29, 0.717) is 46.8 Å². The molecule has 0 bridgehead atoms. The van der Waals surface area contributed by atoms with Gasteiger partial charge < -0.3 is 15.3 Å². The van der Waals surface area contributed by atoms with E-state index in [-0.39, 0.29) is 5.56 Å². The summed E-state index contributed by atoms with van der Waals surface area (Å²) in [5, 5.41) is 13.2. The molecule has 6 rings (SSSR count). The molecule has 4 aromatic rings. The van der Waals surface area contributed by atoms with Crippen LogP contribution < -0.4 is 15.8 Å². The van der Waals surface area contributed by atoms with Crippen LogP contribution in [-0.4, -0.2) is 63.4 Å². The minimum atomic E-state index is -0.239. The lowest BCUT2D eigenvalue weighted by Crippen LogP contribution is -2.56. The number of aliphatic hydroxyl groups is 1. The first-order valence-electron chi connectivity index (χ1n) is 13.0. The summed E-state index contributed by atoms with van der Waals surface area (Å²) >= 11 is 0. The normalized spacial score (nSPS) is 16.8. The zero-order valence-electron chi connectivity index (χ0n) is 21.1. The number of piperidine rings is 1. The van der Waals surface area contributed by atoms with Crippen molar-refractivity contribution in [3.05, 3.63) is 82.8 Å². The van der Waals surface area contributed by atoms with Gasteiger partial charge in [0.25, 0.3) is 5.56 Å². The van der Waals surface area contributed by atoms with E-state index in [1.807, 2.05) is 42.5 Å². The number of nitrogens with zero attached hydrogens (tertiary/aromatic N) is 5. The summed E-state index contributed by atoms with van der Waals surface area (Å²) in [4.78, 5) is 27.1. The van der Waals surface area contributed by atoms with Crippen LogP contribution >= 0.6 is 0 Å². The van der Waals surface area contributed by atoms with Gasteiger partial charge in [0, 0.05) is 73.9 Å². The second-order valence-corrected chi connectivity index (χ2v) is 10.0. The third kappa shape index (κ3) is 4.62. The molecule has 8 nitrogen and oxygen atoms in total. The highest BCUT2D eigenvalue weighted by Gasteiger charge is 2.33. The molecule has 0 spiro atoms. The van der Waals surface area contributed by atoms with Gasteiger partial charge in [-0.15, -0.1) is 6.42 Å². The summed E-state index contributed by atoms with van der Waals surface area (Å²) in [6, 6.07) is 19.7. The number of hydrogen-bond acceptors (Lipinski definition) is 7. The molecule has 2 aromatic carbocycles. The van der Waals surface area contributed by atoms with E-state index in [1.165, 1.54) is 11.8 Å². The van der Waals surface area contributed by atoms with E-state index in [9.17, 15) is 9.90 Å². The fourth-order valence-corrected chi connectivity index (χ4v) is 5.51. The van der Waals surface area contributed by atoms with E-state index < -0.39 is 0 Å². The Labute approximate surface area is 221 Å². The number of terminal acetylenes is 1. The van der Waals surface area contributed by atoms with Crippen molar-refractivity contribution in [2.24, 2.45) is 5.92 Å². The molecule has 2 aromatic heterocycles. The molecular weight excluding hydrogens is 476 g/mol. The minimum absolute atomic E-state index is 0.239. The summed E-state index contributed by atoms with van der Waals surface area (Å²) in [6.45, 7) is 4.42. The van der Waals surface area contributed by atoms with E-state index >= 15 is 0 Å². The maximum atomic E-state index is 12.9. The Morgan fingerprint density at radius 2 is 1.76 bits per heavy atom. The largest absolute Gasteiger partial charge is 0.396 e. The van der Waals surface area contributed by atoms with Crippen LogP contribution in [0.2, 0.25) is 0 Å². The Kier molecular flexibility index (Phi) is 6.54. The number of anilines is 3. The second-order valence-electron chi connectivity index (χ2n) is 10.0. The Morgan fingerprint density at radius 1 is 1.03 bits per heavy atom. The Bertz CT molecular complexity index is 1530. The summed E-state index contributed by atoms with van der Waals surface area (Å²) in [5.41, 5.74) is 3.46. The van der Waals surface area contributed by atoms with Gasteiger partial charge >= 0.3 is 0 Å². The lowest BCUT2D eigenvalue weighted by molar-refractivity contribution is 0.0116. The number of aromatic nitrogens is 3. The number of pyridine rings is 1. The topological polar surface area (TPSA) is 86.5 Å². The van der Waals surface area contributed by atoms with Crippen LogP contribution in [0.4, 0.5) is 17.3 Å². The summed E-state index contributed by atoms with van der Waals surface area (Å²) in [6.07, 6.45) is 9.62. The van der Waals surface area contributed by atoms with Crippen LogP contribution in [0.25, 0.3) is 16.7 Å². The van der Waals surface area contributed by atoms with Crippen molar-refractivity contribution in [3.63, 3.8) is 0 Å².